The smallest absolute Gasteiger partial charge is 0.208 e. The Balaban J connectivity index is 1.58. The molecule has 0 aliphatic heterocycles. The molecule has 4 rings (SSSR count). The predicted molar refractivity (Wildman–Crippen MR) is 139 cm³/mol. The Morgan fingerprint density at radius 2 is 1.79 bits per heavy atom. The molecule has 1 unspecified atom stereocenters. The Kier molecular flexibility index (Phi) is 8.57. The lowest BCUT2D eigenvalue weighted by atomic mass is 9.74. The SMILES string of the molecule is CCCCCC1CCC(C2C=Cc3c(c(=S)oc4c(F)c(OCCCC)ccc34)C(F)=C2)CC1. The van der Waals surface area contributed by atoms with Crippen molar-refractivity contribution in [3.8, 4) is 5.75 Å². The molecule has 5 heteroatoms. The molecular formula is C29H36F2O2S. The molecule has 2 aliphatic carbocycles. The molecular weight excluding hydrogens is 450 g/mol. The number of fused-ring (bicyclic) bond motifs is 3. The molecule has 34 heavy (non-hydrogen) atoms. The largest absolute Gasteiger partial charge is 0.490 e. The highest BCUT2D eigenvalue weighted by atomic mass is 32.1. The molecule has 1 atom stereocenters. The zero-order chi connectivity index (χ0) is 24.1. The van der Waals surface area contributed by atoms with Crippen molar-refractivity contribution in [1.82, 2.24) is 0 Å². The lowest BCUT2D eigenvalue weighted by Gasteiger charge is -2.31. The van der Waals surface area contributed by atoms with Crippen LogP contribution in [-0.4, -0.2) is 6.61 Å². The number of ether oxygens (including phenoxy) is 1. The maximum atomic E-state index is 15.5. The molecule has 0 radical (unpaired) electrons. The minimum Gasteiger partial charge on any atom is -0.490 e. The van der Waals surface area contributed by atoms with Crippen LogP contribution in [0.15, 0.2) is 28.7 Å². The van der Waals surface area contributed by atoms with Crippen LogP contribution in [0.2, 0.25) is 0 Å². The summed E-state index contributed by atoms with van der Waals surface area (Å²) >= 11 is 5.38. The first-order valence-corrected chi connectivity index (χ1v) is 13.4. The van der Waals surface area contributed by atoms with Crippen LogP contribution in [0.5, 0.6) is 5.75 Å². The lowest BCUT2D eigenvalue weighted by Crippen LogP contribution is -2.19. The minimum atomic E-state index is -0.581. The molecule has 0 bridgehead atoms. The van der Waals surface area contributed by atoms with Gasteiger partial charge in [0.2, 0.25) is 10.5 Å². The Bertz CT molecular complexity index is 1110. The molecule has 2 aromatic rings. The van der Waals surface area contributed by atoms with Crippen LogP contribution in [0.4, 0.5) is 8.78 Å². The van der Waals surface area contributed by atoms with Crippen molar-refractivity contribution in [3.05, 3.63) is 45.9 Å². The molecule has 1 aromatic carbocycles. The third-order valence-electron chi connectivity index (χ3n) is 7.49. The molecule has 0 amide bonds. The van der Waals surface area contributed by atoms with Crippen molar-refractivity contribution in [2.75, 3.05) is 6.61 Å². The molecule has 0 saturated heterocycles. The van der Waals surface area contributed by atoms with E-state index in [1.807, 2.05) is 6.08 Å². The van der Waals surface area contributed by atoms with Gasteiger partial charge in [0, 0.05) is 16.9 Å². The van der Waals surface area contributed by atoms with Gasteiger partial charge in [-0.25, -0.2) is 4.39 Å². The normalized spacial score (nSPS) is 22.4. The molecule has 184 valence electrons. The van der Waals surface area contributed by atoms with Crippen molar-refractivity contribution in [2.45, 2.75) is 78.1 Å². The van der Waals surface area contributed by atoms with Gasteiger partial charge in [-0.2, -0.15) is 4.39 Å². The van der Waals surface area contributed by atoms with Gasteiger partial charge >= 0.3 is 0 Å². The molecule has 2 aliphatic rings. The number of benzene rings is 1. The van der Waals surface area contributed by atoms with Gasteiger partial charge in [-0.05, 0) is 61.5 Å². The molecule has 1 saturated carbocycles. The van der Waals surface area contributed by atoms with Crippen LogP contribution >= 0.6 is 12.2 Å². The Morgan fingerprint density at radius 3 is 2.53 bits per heavy atom. The molecule has 0 spiro atoms. The molecule has 1 aromatic heterocycles. The van der Waals surface area contributed by atoms with Gasteiger partial charge in [0.15, 0.2) is 11.3 Å². The van der Waals surface area contributed by atoms with Gasteiger partial charge in [-0.1, -0.05) is 70.9 Å². The summed E-state index contributed by atoms with van der Waals surface area (Å²) in [5, 5.41) is 0.518. The Hall–Kier alpha value is -2.01. The Morgan fingerprint density at radius 1 is 1.03 bits per heavy atom. The second kappa shape index (κ2) is 11.6. The summed E-state index contributed by atoms with van der Waals surface area (Å²) in [6.07, 6.45) is 17.4. The van der Waals surface area contributed by atoms with Gasteiger partial charge in [0.25, 0.3) is 0 Å². The molecule has 0 N–H and O–H groups in total. The van der Waals surface area contributed by atoms with E-state index < -0.39 is 5.82 Å². The Labute approximate surface area is 207 Å². The topological polar surface area (TPSA) is 22.4 Å². The van der Waals surface area contributed by atoms with Gasteiger partial charge < -0.3 is 9.15 Å². The minimum absolute atomic E-state index is 0.00920. The number of halogens is 2. The van der Waals surface area contributed by atoms with Gasteiger partial charge in [0.05, 0.1) is 12.2 Å². The quantitative estimate of drug-likeness (QED) is 0.260. The summed E-state index contributed by atoms with van der Waals surface area (Å²) in [4.78, 5) is 0. The summed E-state index contributed by atoms with van der Waals surface area (Å²) in [6, 6.07) is 3.35. The first-order chi connectivity index (χ1) is 16.5. The summed E-state index contributed by atoms with van der Waals surface area (Å²) in [6.45, 7) is 4.73. The van der Waals surface area contributed by atoms with E-state index in [1.165, 1.54) is 38.5 Å². The first-order valence-electron chi connectivity index (χ1n) is 13.0. The highest BCUT2D eigenvalue weighted by Crippen LogP contribution is 2.42. The summed E-state index contributed by atoms with van der Waals surface area (Å²) in [5.41, 5.74) is 0.879. The average molecular weight is 487 g/mol. The van der Waals surface area contributed by atoms with E-state index in [1.54, 1.807) is 18.2 Å². The van der Waals surface area contributed by atoms with Crippen molar-refractivity contribution < 1.29 is 17.9 Å². The van der Waals surface area contributed by atoms with Crippen LogP contribution in [0.1, 0.15) is 89.2 Å². The van der Waals surface area contributed by atoms with Gasteiger partial charge in [-0.15, -0.1) is 0 Å². The van der Waals surface area contributed by atoms with E-state index in [2.05, 4.69) is 19.9 Å². The van der Waals surface area contributed by atoms with Crippen LogP contribution in [-0.2, 0) is 0 Å². The second-order valence-corrected chi connectivity index (χ2v) is 10.2. The highest BCUT2D eigenvalue weighted by molar-refractivity contribution is 7.71. The summed E-state index contributed by atoms with van der Waals surface area (Å²) in [7, 11) is 0. The van der Waals surface area contributed by atoms with E-state index in [4.69, 9.17) is 21.4 Å². The van der Waals surface area contributed by atoms with Crippen molar-refractivity contribution in [3.63, 3.8) is 0 Å². The first kappa shape index (κ1) is 25.1. The fourth-order valence-electron chi connectivity index (χ4n) is 5.43. The van der Waals surface area contributed by atoms with Crippen LogP contribution in [0.25, 0.3) is 22.9 Å². The molecule has 1 heterocycles. The zero-order valence-electron chi connectivity index (χ0n) is 20.4. The van der Waals surface area contributed by atoms with Crippen LogP contribution in [0, 0.1) is 28.3 Å². The maximum Gasteiger partial charge on any atom is 0.208 e. The van der Waals surface area contributed by atoms with E-state index in [0.29, 0.717) is 23.5 Å². The number of allylic oxidation sites excluding steroid dienone is 2. The second-order valence-electron chi connectivity index (χ2n) is 9.86. The summed E-state index contributed by atoms with van der Waals surface area (Å²) in [5.74, 6) is 0.432. The van der Waals surface area contributed by atoms with Crippen molar-refractivity contribution in [2.24, 2.45) is 17.8 Å². The number of hydrogen-bond donors (Lipinski definition) is 0. The van der Waals surface area contributed by atoms with Crippen LogP contribution in [0.3, 0.4) is 0 Å². The monoisotopic (exact) mass is 486 g/mol. The number of unbranched alkanes of at least 4 members (excludes halogenated alkanes) is 3. The third kappa shape index (κ3) is 5.45. The van der Waals surface area contributed by atoms with E-state index in [0.717, 1.165) is 31.6 Å². The number of rotatable bonds is 9. The standard InChI is InChI=1S/C29H36F2O2S/c1-3-5-7-8-19-9-11-20(12-10-19)21-13-14-22-23-15-16-25(32-17-6-4-2)27(31)28(23)33-29(34)26(22)24(30)18-21/h13-16,18-21H,3-12,17H2,1-2H3. The van der Waals surface area contributed by atoms with E-state index in [-0.39, 0.29) is 33.3 Å². The van der Waals surface area contributed by atoms with Gasteiger partial charge in [0.1, 0.15) is 5.83 Å². The lowest BCUT2D eigenvalue weighted by molar-refractivity contribution is 0.236. The molecule has 1 fully saturated rings. The summed E-state index contributed by atoms with van der Waals surface area (Å²) < 4.78 is 41.8. The zero-order valence-corrected chi connectivity index (χ0v) is 21.2. The average Bonchev–Trinajstić information content (AvgIpc) is 3.01. The fourth-order valence-corrected chi connectivity index (χ4v) is 5.72. The van der Waals surface area contributed by atoms with Crippen LogP contribution < -0.4 is 4.74 Å². The maximum absolute atomic E-state index is 15.5. The van der Waals surface area contributed by atoms with Crippen molar-refractivity contribution in [1.29, 1.82) is 0 Å². The van der Waals surface area contributed by atoms with E-state index in [9.17, 15) is 0 Å². The molecule has 2 nitrogen and oxygen atoms in total. The highest BCUT2D eigenvalue weighted by Gasteiger charge is 2.28. The van der Waals surface area contributed by atoms with Crippen molar-refractivity contribution >= 4 is 35.1 Å². The van der Waals surface area contributed by atoms with Gasteiger partial charge in [-0.3, -0.25) is 0 Å². The fraction of sp³-hybridized carbons (Fsp3) is 0.552. The third-order valence-corrected chi connectivity index (χ3v) is 7.78. The predicted octanol–water partition coefficient (Wildman–Crippen LogP) is 9.82. The number of hydrogen-bond acceptors (Lipinski definition) is 3. The van der Waals surface area contributed by atoms with E-state index >= 15 is 8.78 Å².